The van der Waals surface area contributed by atoms with E-state index in [1.807, 2.05) is 36.4 Å². The van der Waals surface area contributed by atoms with Gasteiger partial charge in [0, 0.05) is 0 Å². The maximum Gasteiger partial charge on any atom is 0.142 e. The molecule has 1 atom stereocenters. The van der Waals surface area contributed by atoms with Crippen molar-refractivity contribution in [2.45, 2.75) is 77.0 Å². The lowest BCUT2D eigenvalue weighted by Crippen LogP contribution is -2.28. The first-order chi connectivity index (χ1) is 14.7. The summed E-state index contributed by atoms with van der Waals surface area (Å²) in [5.41, 5.74) is 2.02. The second-order valence-electron chi connectivity index (χ2n) is 7.81. The summed E-state index contributed by atoms with van der Waals surface area (Å²) >= 11 is 0. The maximum atomic E-state index is 11.9. The van der Waals surface area contributed by atoms with Gasteiger partial charge in [-0.05, 0) is 30.0 Å². The van der Waals surface area contributed by atoms with Crippen molar-refractivity contribution in [3.8, 4) is 0 Å². The molecular formula is C28H38O2. The average Bonchev–Trinajstić information content (AvgIpc) is 2.81. The van der Waals surface area contributed by atoms with Crippen molar-refractivity contribution < 1.29 is 9.59 Å². The van der Waals surface area contributed by atoms with Crippen molar-refractivity contribution in [1.29, 1.82) is 0 Å². The van der Waals surface area contributed by atoms with Crippen LogP contribution in [0.1, 0.15) is 82.8 Å². The molecule has 0 aliphatic carbocycles. The van der Waals surface area contributed by atoms with Crippen LogP contribution in [0.25, 0.3) is 6.08 Å². The number of unbranched alkanes of at least 4 members (excludes halogenated alkanes) is 5. The molecule has 0 aliphatic rings. The van der Waals surface area contributed by atoms with Crippen LogP contribution in [0.3, 0.4) is 0 Å². The predicted octanol–water partition coefficient (Wildman–Crippen LogP) is 7.57. The van der Waals surface area contributed by atoms with E-state index in [0.717, 1.165) is 37.5 Å². The third-order valence-corrected chi connectivity index (χ3v) is 5.44. The number of benzene rings is 2. The molecule has 2 aromatic carbocycles. The lowest BCUT2D eigenvalue weighted by atomic mass is 9.73. The molecule has 0 saturated carbocycles. The second-order valence-corrected chi connectivity index (χ2v) is 7.81. The Kier molecular flexibility index (Phi) is 13.9. The van der Waals surface area contributed by atoms with E-state index in [2.05, 4.69) is 38.1 Å². The number of hydrogen-bond donors (Lipinski definition) is 0. The Morgan fingerprint density at radius 1 is 0.700 bits per heavy atom. The minimum atomic E-state index is -0.246. The van der Waals surface area contributed by atoms with Crippen LogP contribution in [0.2, 0.25) is 0 Å². The molecule has 0 aliphatic heterocycles. The molecule has 0 aromatic heterocycles. The SMILES string of the molecule is CCCCCCC(C=O)(CCCCC)c1ccccc1.O=CC=Cc1ccccc1. The Labute approximate surface area is 183 Å². The molecule has 2 heteroatoms. The first kappa shape index (κ1) is 25.6. The minimum absolute atomic E-state index is 0.246. The largest absolute Gasteiger partial charge is 0.302 e. The fraction of sp³-hybridized carbons (Fsp3) is 0.429. The smallest absolute Gasteiger partial charge is 0.142 e. The molecule has 1 unspecified atom stereocenters. The number of carbonyl (C=O) groups excluding carboxylic acids is 2. The Balaban J connectivity index is 0.000000375. The van der Waals surface area contributed by atoms with E-state index in [1.54, 1.807) is 6.08 Å². The summed E-state index contributed by atoms with van der Waals surface area (Å²) in [4.78, 5) is 21.8. The average molecular weight is 407 g/mol. The number of hydrogen-bond acceptors (Lipinski definition) is 2. The van der Waals surface area contributed by atoms with Crippen molar-refractivity contribution in [1.82, 2.24) is 0 Å². The van der Waals surface area contributed by atoms with E-state index in [-0.39, 0.29) is 5.41 Å². The van der Waals surface area contributed by atoms with Gasteiger partial charge in [0.2, 0.25) is 0 Å². The molecule has 0 bridgehead atoms. The zero-order chi connectivity index (χ0) is 21.9. The summed E-state index contributed by atoms with van der Waals surface area (Å²) in [5, 5.41) is 0. The van der Waals surface area contributed by atoms with Gasteiger partial charge in [0.05, 0.1) is 5.41 Å². The topological polar surface area (TPSA) is 34.1 Å². The van der Waals surface area contributed by atoms with Crippen molar-refractivity contribution in [2.75, 3.05) is 0 Å². The highest BCUT2D eigenvalue weighted by Gasteiger charge is 2.30. The maximum absolute atomic E-state index is 11.9. The van der Waals surface area contributed by atoms with Gasteiger partial charge < -0.3 is 4.79 Å². The lowest BCUT2D eigenvalue weighted by Gasteiger charge is -2.29. The molecule has 0 N–H and O–H groups in total. The number of aldehydes is 2. The Morgan fingerprint density at radius 3 is 1.77 bits per heavy atom. The van der Waals surface area contributed by atoms with Gasteiger partial charge in [-0.2, -0.15) is 0 Å². The van der Waals surface area contributed by atoms with Gasteiger partial charge in [-0.25, -0.2) is 0 Å². The van der Waals surface area contributed by atoms with E-state index in [4.69, 9.17) is 0 Å². The summed E-state index contributed by atoms with van der Waals surface area (Å²) < 4.78 is 0. The van der Waals surface area contributed by atoms with Gasteiger partial charge in [-0.15, -0.1) is 0 Å². The van der Waals surface area contributed by atoms with Crippen molar-refractivity contribution in [2.24, 2.45) is 0 Å². The van der Waals surface area contributed by atoms with E-state index < -0.39 is 0 Å². The summed E-state index contributed by atoms with van der Waals surface area (Å²) in [5.74, 6) is 0. The van der Waals surface area contributed by atoms with Crippen LogP contribution < -0.4 is 0 Å². The molecule has 162 valence electrons. The monoisotopic (exact) mass is 406 g/mol. The van der Waals surface area contributed by atoms with Crippen molar-refractivity contribution in [3.05, 3.63) is 77.9 Å². The summed E-state index contributed by atoms with van der Waals surface area (Å²) in [6.07, 6.45) is 15.8. The first-order valence-corrected chi connectivity index (χ1v) is 11.4. The van der Waals surface area contributed by atoms with Gasteiger partial charge in [0.15, 0.2) is 0 Å². The number of carbonyl (C=O) groups is 2. The molecule has 0 spiro atoms. The lowest BCUT2D eigenvalue weighted by molar-refractivity contribution is -0.113. The van der Waals surface area contributed by atoms with Crippen LogP contribution in [-0.4, -0.2) is 12.6 Å². The third-order valence-electron chi connectivity index (χ3n) is 5.44. The molecule has 0 radical (unpaired) electrons. The second kappa shape index (κ2) is 16.3. The zero-order valence-corrected chi connectivity index (χ0v) is 18.8. The summed E-state index contributed by atoms with van der Waals surface area (Å²) in [7, 11) is 0. The normalized spacial score (nSPS) is 12.6. The summed E-state index contributed by atoms with van der Waals surface area (Å²) in [6, 6.07) is 20.1. The predicted molar refractivity (Wildman–Crippen MR) is 129 cm³/mol. The molecule has 2 aromatic rings. The van der Waals surface area contributed by atoms with Crippen LogP contribution in [0, 0.1) is 0 Å². The number of rotatable bonds is 13. The van der Waals surface area contributed by atoms with E-state index in [1.165, 1.54) is 50.0 Å². The molecule has 0 amide bonds. The van der Waals surface area contributed by atoms with Crippen LogP contribution in [0.15, 0.2) is 66.7 Å². The van der Waals surface area contributed by atoms with Crippen LogP contribution in [0.5, 0.6) is 0 Å². The molecule has 0 fully saturated rings. The molecule has 2 rings (SSSR count). The van der Waals surface area contributed by atoms with Crippen molar-refractivity contribution >= 4 is 18.6 Å². The highest BCUT2D eigenvalue weighted by Crippen LogP contribution is 2.34. The van der Waals surface area contributed by atoms with Gasteiger partial charge >= 0.3 is 0 Å². The third kappa shape index (κ3) is 9.82. The Bertz CT molecular complexity index is 706. The van der Waals surface area contributed by atoms with Crippen LogP contribution in [-0.2, 0) is 15.0 Å². The zero-order valence-electron chi connectivity index (χ0n) is 18.8. The van der Waals surface area contributed by atoms with E-state index >= 15 is 0 Å². The van der Waals surface area contributed by atoms with Crippen LogP contribution in [0.4, 0.5) is 0 Å². The summed E-state index contributed by atoms with van der Waals surface area (Å²) in [6.45, 7) is 4.44. The van der Waals surface area contributed by atoms with Gasteiger partial charge in [-0.1, -0.05) is 126 Å². The first-order valence-electron chi connectivity index (χ1n) is 11.4. The Hall–Kier alpha value is -2.48. The van der Waals surface area contributed by atoms with Crippen molar-refractivity contribution in [3.63, 3.8) is 0 Å². The molecule has 2 nitrogen and oxygen atoms in total. The Morgan fingerprint density at radius 2 is 1.23 bits per heavy atom. The van der Waals surface area contributed by atoms with Gasteiger partial charge in [-0.3, -0.25) is 4.79 Å². The molecule has 30 heavy (non-hydrogen) atoms. The fourth-order valence-corrected chi connectivity index (χ4v) is 3.64. The van der Waals surface area contributed by atoms with Gasteiger partial charge in [0.25, 0.3) is 0 Å². The fourth-order valence-electron chi connectivity index (χ4n) is 3.64. The quantitative estimate of drug-likeness (QED) is 0.195. The van der Waals surface area contributed by atoms with E-state index in [9.17, 15) is 9.59 Å². The molecule has 0 heterocycles. The van der Waals surface area contributed by atoms with Crippen LogP contribution >= 0.6 is 0 Å². The van der Waals surface area contributed by atoms with Gasteiger partial charge in [0.1, 0.15) is 12.6 Å². The molecular weight excluding hydrogens is 368 g/mol. The highest BCUT2D eigenvalue weighted by molar-refractivity contribution is 5.73. The minimum Gasteiger partial charge on any atom is -0.302 e. The highest BCUT2D eigenvalue weighted by atomic mass is 16.1. The molecule has 0 saturated heterocycles. The van der Waals surface area contributed by atoms with E-state index in [0.29, 0.717) is 0 Å². The number of allylic oxidation sites excluding steroid dienone is 1. The standard InChI is InChI=1S/C19H30O.C9H8O/c1-3-5-7-12-16-19(17-20,15-11-6-4-2)18-13-9-8-10-14-18;10-8-4-7-9-5-2-1-3-6-9/h8-10,13-14,17H,3-7,11-12,15-16H2,1-2H3;1-8H.